The normalized spacial score (nSPS) is 19.3. The van der Waals surface area contributed by atoms with Gasteiger partial charge in [-0.2, -0.15) is 12.6 Å². The minimum absolute atomic E-state index is 0.0439. The van der Waals surface area contributed by atoms with Crippen molar-refractivity contribution in [1.82, 2.24) is 19.9 Å². The van der Waals surface area contributed by atoms with Crippen molar-refractivity contribution in [3.8, 4) is 0 Å². The van der Waals surface area contributed by atoms with Gasteiger partial charge in [0.1, 0.15) is 11.9 Å². The monoisotopic (exact) mass is 448 g/mol. The summed E-state index contributed by atoms with van der Waals surface area (Å²) in [5.74, 6) is -1.85. The highest BCUT2D eigenvalue weighted by Crippen LogP contribution is 2.32. The second-order valence-corrected chi connectivity index (χ2v) is 7.94. The average molecular weight is 449 g/mol. The number of aryl methyl sites for hydroxylation is 1. The summed E-state index contributed by atoms with van der Waals surface area (Å²) in [6.45, 7) is 1.37. The Balaban J connectivity index is 1.84. The summed E-state index contributed by atoms with van der Waals surface area (Å²) in [5.41, 5.74) is 1.93. The first-order valence-corrected chi connectivity index (χ1v) is 10.5. The van der Waals surface area contributed by atoms with Crippen molar-refractivity contribution in [2.24, 2.45) is 0 Å². The molecule has 0 radical (unpaired) electrons. The molecule has 2 unspecified atom stereocenters. The molecule has 1 aliphatic heterocycles. The number of halogens is 1. The van der Waals surface area contributed by atoms with Gasteiger partial charge >= 0.3 is 11.9 Å². The van der Waals surface area contributed by atoms with Crippen molar-refractivity contribution in [2.75, 3.05) is 20.2 Å². The maximum absolute atomic E-state index is 14.5. The number of carboxylic acids is 1. The van der Waals surface area contributed by atoms with Gasteiger partial charge in [-0.25, -0.2) is 13.9 Å². The Morgan fingerprint density at radius 2 is 2.19 bits per heavy atom. The van der Waals surface area contributed by atoms with Crippen LogP contribution >= 0.6 is 12.6 Å². The molecule has 1 aromatic heterocycles. The van der Waals surface area contributed by atoms with Crippen LogP contribution in [0.2, 0.25) is 0 Å². The lowest BCUT2D eigenvalue weighted by Crippen LogP contribution is -2.42. The Morgan fingerprint density at radius 3 is 2.90 bits per heavy atom. The van der Waals surface area contributed by atoms with Crippen LogP contribution in [-0.4, -0.2) is 62.4 Å². The molecule has 0 spiro atoms. The van der Waals surface area contributed by atoms with Crippen LogP contribution in [0.3, 0.4) is 0 Å². The summed E-state index contributed by atoms with van der Waals surface area (Å²) in [7, 11) is 1.29. The fraction of sp³-hybridized carbons (Fsp3) is 0.429. The summed E-state index contributed by atoms with van der Waals surface area (Å²) in [5, 5.41) is 16.7. The van der Waals surface area contributed by atoms with E-state index in [9.17, 15) is 14.0 Å². The highest BCUT2D eigenvalue weighted by Gasteiger charge is 2.34. The van der Waals surface area contributed by atoms with E-state index in [1.807, 2.05) is 11.0 Å². The molecular weight excluding hydrogens is 423 g/mol. The first-order chi connectivity index (χ1) is 14.9. The third kappa shape index (κ3) is 5.71. The molecule has 166 valence electrons. The third-order valence-corrected chi connectivity index (χ3v) is 5.82. The van der Waals surface area contributed by atoms with Crippen molar-refractivity contribution in [3.63, 3.8) is 0 Å². The first-order valence-electron chi connectivity index (χ1n) is 9.95. The molecule has 0 bridgehead atoms. The van der Waals surface area contributed by atoms with Crippen molar-refractivity contribution in [2.45, 2.75) is 37.1 Å². The molecule has 3 rings (SSSR count). The number of methoxy groups -OCH3 is 1. The van der Waals surface area contributed by atoms with Crippen molar-refractivity contribution in [1.29, 1.82) is 0 Å². The van der Waals surface area contributed by atoms with Crippen LogP contribution in [0, 0.1) is 5.82 Å². The maximum atomic E-state index is 14.5. The summed E-state index contributed by atoms with van der Waals surface area (Å²) < 4.78 is 21.1. The second kappa shape index (κ2) is 10.5. The van der Waals surface area contributed by atoms with Gasteiger partial charge in [-0.3, -0.25) is 9.69 Å². The Labute approximate surface area is 185 Å². The highest BCUT2D eigenvalue weighted by atomic mass is 32.1. The van der Waals surface area contributed by atoms with Gasteiger partial charge in [0.25, 0.3) is 0 Å². The maximum Gasteiger partial charge on any atom is 0.327 e. The summed E-state index contributed by atoms with van der Waals surface area (Å²) in [6.07, 6.45) is 4.64. The number of nitrogens with zero attached hydrogens (tertiary/aromatic N) is 4. The van der Waals surface area contributed by atoms with Gasteiger partial charge in [-0.1, -0.05) is 23.4 Å². The smallest absolute Gasteiger partial charge is 0.327 e. The van der Waals surface area contributed by atoms with Crippen LogP contribution in [0.25, 0.3) is 6.08 Å². The summed E-state index contributed by atoms with van der Waals surface area (Å²) in [6, 6.07) is 5.33. The number of carbonyl (C=O) groups excluding carboxylic acids is 1. The molecule has 1 saturated heterocycles. The largest absolute Gasteiger partial charge is 0.481 e. The van der Waals surface area contributed by atoms with Crippen LogP contribution < -0.4 is 0 Å². The highest BCUT2D eigenvalue weighted by molar-refractivity contribution is 7.81. The molecule has 0 saturated carbocycles. The predicted molar refractivity (Wildman–Crippen MR) is 115 cm³/mol. The van der Waals surface area contributed by atoms with E-state index in [4.69, 9.17) is 9.84 Å². The number of aliphatic carboxylic acids is 1. The van der Waals surface area contributed by atoms with Crippen LogP contribution in [0.5, 0.6) is 0 Å². The van der Waals surface area contributed by atoms with Gasteiger partial charge < -0.3 is 9.84 Å². The van der Waals surface area contributed by atoms with Gasteiger partial charge in [0.05, 0.1) is 19.0 Å². The average Bonchev–Trinajstić information content (AvgIpc) is 3.18. The van der Waals surface area contributed by atoms with Gasteiger partial charge in [0.15, 0.2) is 0 Å². The summed E-state index contributed by atoms with van der Waals surface area (Å²) in [4.78, 5) is 25.2. The van der Waals surface area contributed by atoms with E-state index in [-0.39, 0.29) is 17.2 Å². The number of piperidine rings is 1. The zero-order chi connectivity index (χ0) is 22.4. The van der Waals surface area contributed by atoms with E-state index in [0.717, 1.165) is 11.3 Å². The Hall–Kier alpha value is -2.72. The summed E-state index contributed by atoms with van der Waals surface area (Å²) >= 11 is 4.68. The number of carbonyl (C=O) groups is 2. The number of ether oxygens (including phenoxy) is 1. The third-order valence-electron chi connectivity index (χ3n) is 5.23. The van der Waals surface area contributed by atoms with E-state index >= 15 is 0 Å². The molecule has 2 heterocycles. The van der Waals surface area contributed by atoms with Crippen LogP contribution in [0.15, 0.2) is 36.0 Å². The lowest BCUT2D eigenvalue weighted by atomic mass is 9.97. The predicted octanol–water partition coefficient (Wildman–Crippen LogP) is 2.58. The van der Waals surface area contributed by atoms with E-state index in [0.29, 0.717) is 32.5 Å². The molecule has 2 atom stereocenters. The van der Waals surface area contributed by atoms with Gasteiger partial charge in [0, 0.05) is 36.9 Å². The molecule has 1 aromatic carbocycles. The number of carboxylic acid groups (broad SMARTS) is 1. The van der Waals surface area contributed by atoms with E-state index in [1.165, 1.54) is 13.2 Å². The molecule has 2 aromatic rings. The molecule has 1 fully saturated rings. The minimum Gasteiger partial charge on any atom is -0.481 e. The van der Waals surface area contributed by atoms with Crippen molar-refractivity contribution >= 4 is 30.6 Å². The molecule has 8 nitrogen and oxygen atoms in total. The number of esters is 1. The zero-order valence-corrected chi connectivity index (χ0v) is 18.0. The molecular formula is C21H25FN4O4S. The lowest BCUT2D eigenvalue weighted by molar-refractivity contribution is -0.147. The Bertz CT molecular complexity index is 964. The van der Waals surface area contributed by atoms with E-state index < -0.39 is 23.8 Å². The number of rotatable bonds is 8. The van der Waals surface area contributed by atoms with Gasteiger partial charge in [0.2, 0.25) is 0 Å². The Kier molecular flexibility index (Phi) is 7.80. The number of thiol groups is 1. The second-order valence-electron chi connectivity index (χ2n) is 7.32. The topological polar surface area (TPSA) is 97.5 Å². The van der Waals surface area contributed by atoms with Crippen molar-refractivity contribution < 1.29 is 23.8 Å². The standard InChI is InChI=1S/C21H25FN4O4S/c1-30-21(29)20(16-5-2-3-6-17(16)22)25-10-8-18(31)14(13-25)11-15-12-23-24-26(15)9-4-7-19(27)28/h2-3,5-6,11-12,18,20,31H,4,7-10,13H2,1H3,(H,27,28)/b14-11-. The Morgan fingerprint density at radius 1 is 1.42 bits per heavy atom. The van der Waals surface area contributed by atoms with E-state index in [1.54, 1.807) is 29.1 Å². The number of likely N-dealkylation sites (tertiary alicyclic amines) is 1. The van der Waals surface area contributed by atoms with Crippen molar-refractivity contribution in [3.05, 3.63) is 53.1 Å². The van der Waals surface area contributed by atoms with Crippen LogP contribution in [-0.2, 0) is 20.9 Å². The molecule has 31 heavy (non-hydrogen) atoms. The fourth-order valence-corrected chi connectivity index (χ4v) is 3.93. The molecule has 1 N–H and O–H groups in total. The van der Waals surface area contributed by atoms with Gasteiger partial charge in [-0.15, -0.1) is 5.10 Å². The molecule has 1 aliphatic rings. The molecule has 0 aliphatic carbocycles. The van der Waals surface area contributed by atoms with E-state index in [2.05, 4.69) is 22.9 Å². The molecule has 0 amide bonds. The SMILES string of the molecule is COC(=O)C(c1ccccc1F)N1CCC(S)/C(=C\c2cnnn2CCCC(=O)O)C1. The quantitative estimate of drug-likeness (QED) is 0.473. The number of hydrogen-bond donors (Lipinski definition) is 2. The van der Waals surface area contributed by atoms with Crippen LogP contribution in [0.1, 0.15) is 36.6 Å². The first kappa shape index (κ1) is 23.0. The minimum atomic E-state index is -0.867. The number of hydrogen-bond acceptors (Lipinski definition) is 7. The van der Waals surface area contributed by atoms with Gasteiger partial charge in [-0.05, 0) is 30.6 Å². The number of benzene rings is 1. The lowest BCUT2D eigenvalue weighted by Gasteiger charge is -2.36. The number of aromatic nitrogens is 3. The van der Waals surface area contributed by atoms with Crippen LogP contribution in [0.4, 0.5) is 4.39 Å². The molecule has 10 heteroatoms. The fourth-order valence-electron chi connectivity index (χ4n) is 3.66. The zero-order valence-electron chi connectivity index (χ0n) is 17.1.